The zero-order chi connectivity index (χ0) is 14.8. The minimum absolute atomic E-state index is 0.175. The van der Waals surface area contributed by atoms with Crippen LogP contribution in [0.15, 0.2) is 42.5 Å². The number of rotatable bonds is 4. The number of halogens is 1. The molecule has 1 nitrogen and oxygen atoms in total. The van der Waals surface area contributed by atoms with Gasteiger partial charge in [0.25, 0.3) is 0 Å². The highest BCUT2D eigenvalue weighted by molar-refractivity contribution is 5.69. The van der Waals surface area contributed by atoms with E-state index in [-0.39, 0.29) is 11.9 Å². The van der Waals surface area contributed by atoms with Crippen molar-refractivity contribution < 1.29 is 4.39 Å². The molecule has 0 heterocycles. The van der Waals surface area contributed by atoms with Crippen LogP contribution in [0.4, 0.5) is 4.39 Å². The minimum atomic E-state index is -0.175. The van der Waals surface area contributed by atoms with Crippen molar-refractivity contribution in [2.45, 2.75) is 38.1 Å². The summed E-state index contributed by atoms with van der Waals surface area (Å²) in [6, 6.07) is 13.9. The zero-order valence-electron chi connectivity index (χ0n) is 12.7. The normalized spacial score (nSPS) is 16.5. The van der Waals surface area contributed by atoms with Gasteiger partial charge in [-0.2, -0.15) is 0 Å². The molecule has 1 N–H and O–H groups in total. The standard InChI is InChI=1S/C19H22FN/c1-13(21-2)18-10-9-17(20)12-19(18)16-8-4-7-15(11-16)14-5-3-6-14/h4,7-14,21H,3,5-6H2,1-2H3. The van der Waals surface area contributed by atoms with Crippen molar-refractivity contribution in [3.8, 4) is 11.1 Å². The van der Waals surface area contributed by atoms with Gasteiger partial charge in [0.1, 0.15) is 5.82 Å². The van der Waals surface area contributed by atoms with E-state index in [2.05, 4.69) is 36.5 Å². The fourth-order valence-electron chi connectivity index (χ4n) is 3.01. The summed E-state index contributed by atoms with van der Waals surface area (Å²) in [6.45, 7) is 2.10. The molecule has 0 aromatic heterocycles. The molecule has 2 aromatic rings. The van der Waals surface area contributed by atoms with Gasteiger partial charge in [0, 0.05) is 6.04 Å². The van der Waals surface area contributed by atoms with Crippen molar-refractivity contribution >= 4 is 0 Å². The van der Waals surface area contributed by atoms with Crippen LogP contribution in [0.2, 0.25) is 0 Å². The Kier molecular flexibility index (Phi) is 4.07. The van der Waals surface area contributed by atoms with E-state index >= 15 is 0 Å². The smallest absolute Gasteiger partial charge is 0.123 e. The van der Waals surface area contributed by atoms with E-state index in [0.717, 1.165) is 16.7 Å². The fourth-order valence-corrected chi connectivity index (χ4v) is 3.01. The molecule has 21 heavy (non-hydrogen) atoms. The average molecular weight is 283 g/mol. The first-order chi connectivity index (χ1) is 10.2. The van der Waals surface area contributed by atoms with Crippen LogP contribution in [-0.4, -0.2) is 7.05 Å². The monoisotopic (exact) mass is 283 g/mol. The van der Waals surface area contributed by atoms with Gasteiger partial charge in [-0.05, 0) is 67.1 Å². The average Bonchev–Trinajstić information content (AvgIpc) is 2.45. The van der Waals surface area contributed by atoms with Gasteiger partial charge < -0.3 is 5.32 Å². The molecule has 0 radical (unpaired) electrons. The molecule has 1 aliphatic carbocycles. The third-order valence-corrected chi connectivity index (χ3v) is 4.69. The van der Waals surface area contributed by atoms with E-state index in [1.165, 1.54) is 24.8 Å². The summed E-state index contributed by atoms with van der Waals surface area (Å²) in [5.74, 6) is 0.523. The molecular formula is C19H22FN. The first kappa shape index (κ1) is 14.3. The van der Waals surface area contributed by atoms with Crippen LogP contribution in [0, 0.1) is 5.82 Å². The largest absolute Gasteiger partial charge is 0.313 e. The fraction of sp³-hybridized carbons (Fsp3) is 0.368. The van der Waals surface area contributed by atoms with Gasteiger partial charge in [0.2, 0.25) is 0 Å². The molecule has 0 amide bonds. The Morgan fingerprint density at radius 2 is 1.95 bits per heavy atom. The molecule has 0 aliphatic heterocycles. The SMILES string of the molecule is CNC(C)c1ccc(F)cc1-c1cccc(C2CCC2)c1. The van der Waals surface area contributed by atoms with Gasteiger partial charge in [0.05, 0.1) is 0 Å². The number of benzene rings is 2. The first-order valence-electron chi connectivity index (χ1n) is 7.76. The molecule has 1 saturated carbocycles. The highest BCUT2D eigenvalue weighted by atomic mass is 19.1. The van der Waals surface area contributed by atoms with E-state index in [9.17, 15) is 4.39 Å². The molecule has 1 atom stereocenters. The van der Waals surface area contributed by atoms with Crippen LogP contribution in [0.1, 0.15) is 49.3 Å². The second-order valence-electron chi connectivity index (χ2n) is 6.00. The molecule has 2 heteroatoms. The van der Waals surface area contributed by atoms with Crippen molar-refractivity contribution in [2.75, 3.05) is 7.05 Å². The van der Waals surface area contributed by atoms with Crippen molar-refractivity contribution in [2.24, 2.45) is 0 Å². The van der Waals surface area contributed by atoms with Gasteiger partial charge in [-0.1, -0.05) is 36.8 Å². The molecule has 2 aromatic carbocycles. The predicted octanol–water partition coefficient (Wildman–Crippen LogP) is 5.04. The maximum Gasteiger partial charge on any atom is 0.123 e. The maximum atomic E-state index is 13.7. The van der Waals surface area contributed by atoms with Crippen LogP contribution < -0.4 is 5.32 Å². The number of hydrogen-bond donors (Lipinski definition) is 1. The van der Waals surface area contributed by atoms with E-state index in [4.69, 9.17) is 0 Å². The first-order valence-corrected chi connectivity index (χ1v) is 7.76. The van der Waals surface area contributed by atoms with Crippen LogP contribution >= 0.6 is 0 Å². The summed E-state index contributed by atoms with van der Waals surface area (Å²) in [5.41, 5.74) is 4.66. The van der Waals surface area contributed by atoms with E-state index in [1.807, 2.05) is 13.1 Å². The van der Waals surface area contributed by atoms with Crippen molar-refractivity contribution in [1.82, 2.24) is 5.32 Å². The van der Waals surface area contributed by atoms with Crippen LogP contribution in [-0.2, 0) is 0 Å². The Morgan fingerprint density at radius 1 is 1.14 bits per heavy atom. The van der Waals surface area contributed by atoms with Crippen LogP contribution in [0.25, 0.3) is 11.1 Å². The molecule has 1 aliphatic rings. The van der Waals surface area contributed by atoms with Crippen molar-refractivity contribution in [1.29, 1.82) is 0 Å². The molecule has 3 rings (SSSR count). The third kappa shape index (κ3) is 2.86. The zero-order valence-corrected chi connectivity index (χ0v) is 12.7. The Labute approximate surface area is 126 Å². The lowest BCUT2D eigenvalue weighted by Gasteiger charge is -2.26. The predicted molar refractivity (Wildman–Crippen MR) is 85.9 cm³/mol. The molecule has 1 fully saturated rings. The molecule has 1 unspecified atom stereocenters. The molecule has 0 bridgehead atoms. The summed E-state index contributed by atoms with van der Waals surface area (Å²) >= 11 is 0. The highest BCUT2D eigenvalue weighted by Gasteiger charge is 2.20. The summed E-state index contributed by atoms with van der Waals surface area (Å²) in [7, 11) is 1.93. The molecule has 0 spiro atoms. The van der Waals surface area contributed by atoms with Gasteiger partial charge in [-0.25, -0.2) is 4.39 Å². The van der Waals surface area contributed by atoms with Crippen molar-refractivity contribution in [3.05, 3.63) is 59.4 Å². The maximum absolute atomic E-state index is 13.7. The van der Waals surface area contributed by atoms with E-state index in [0.29, 0.717) is 5.92 Å². The third-order valence-electron chi connectivity index (χ3n) is 4.69. The summed E-state index contributed by atoms with van der Waals surface area (Å²) in [4.78, 5) is 0. The quantitative estimate of drug-likeness (QED) is 0.828. The van der Waals surface area contributed by atoms with Crippen molar-refractivity contribution in [3.63, 3.8) is 0 Å². The lowest BCUT2D eigenvalue weighted by molar-refractivity contribution is 0.420. The minimum Gasteiger partial charge on any atom is -0.313 e. The Hall–Kier alpha value is -1.67. The van der Waals surface area contributed by atoms with Crippen LogP contribution in [0.5, 0.6) is 0 Å². The Morgan fingerprint density at radius 3 is 2.62 bits per heavy atom. The summed E-state index contributed by atoms with van der Waals surface area (Å²) in [5, 5.41) is 3.25. The summed E-state index contributed by atoms with van der Waals surface area (Å²) < 4.78 is 13.7. The van der Waals surface area contributed by atoms with Gasteiger partial charge in [-0.3, -0.25) is 0 Å². The number of hydrogen-bond acceptors (Lipinski definition) is 1. The topological polar surface area (TPSA) is 12.0 Å². The Bertz CT molecular complexity index is 631. The molecule has 0 saturated heterocycles. The Balaban J connectivity index is 2.04. The van der Waals surface area contributed by atoms with Gasteiger partial charge in [-0.15, -0.1) is 0 Å². The molecular weight excluding hydrogens is 261 g/mol. The van der Waals surface area contributed by atoms with E-state index < -0.39 is 0 Å². The van der Waals surface area contributed by atoms with Crippen LogP contribution in [0.3, 0.4) is 0 Å². The molecule has 110 valence electrons. The summed E-state index contributed by atoms with van der Waals surface area (Å²) in [6.07, 6.45) is 3.90. The lowest BCUT2D eigenvalue weighted by atomic mass is 9.79. The van der Waals surface area contributed by atoms with Gasteiger partial charge >= 0.3 is 0 Å². The second kappa shape index (κ2) is 5.98. The number of nitrogens with one attached hydrogen (secondary N) is 1. The van der Waals surface area contributed by atoms with Gasteiger partial charge in [0.15, 0.2) is 0 Å². The van der Waals surface area contributed by atoms with E-state index in [1.54, 1.807) is 12.1 Å². The second-order valence-corrected chi connectivity index (χ2v) is 6.00. The lowest BCUT2D eigenvalue weighted by Crippen LogP contribution is -2.13. The highest BCUT2D eigenvalue weighted by Crippen LogP contribution is 2.38.